The number of nitrogens with one attached hydrogen (secondary N) is 1. The van der Waals surface area contributed by atoms with E-state index >= 15 is 0 Å². The zero-order valence-corrected chi connectivity index (χ0v) is 17.6. The minimum Gasteiger partial charge on any atom is -0.345 e. The SMILES string of the molecule is Cc1cccc(C)c1NC(=O)C1CCC(C(=O)N(C)CCc2ccncc2)CC1. The van der Waals surface area contributed by atoms with E-state index in [0.29, 0.717) is 6.54 Å². The van der Waals surface area contributed by atoms with E-state index in [4.69, 9.17) is 0 Å². The van der Waals surface area contributed by atoms with Gasteiger partial charge in [0.25, 0.3) is 0 Å². The van der Waals surface area contributed by atoms with Gasteiger partial charge in [0.2, 0.25) is 11.8 Å². The van der Waals surface area contributed by atoms with Crippen LogP contribution in [0.25, 0.3) is 0 Å². The lowest BCUT2D eigenvalue weighted by Crippen LogP contribution is -2.37. The van der Waals surface area contributed by atoms with Crippen LogP contribution >= 0.6 is 0 Å². The Bertz CT molecular complexity index is 822. The first-order chi connectivity index (χ1) is 14.0. The average molecular weight is 394 g/mol. The highest BCUT2D eigenvalue weighted by atomic mass is 16.2. The molecule has 0 radical (unpaired) electrons. The molecule has 0 aliphatic heterocycles. The largest absolute Gasteiger partial charge is 0.345 e. The number of likely N-dealkylation sites (N-methyl/N-ethyl adjacent to an activating group) is 1. The summed E-state index contributed by atoms with van der Waals surface area (Å²) >= 11 is 0. The predicted octanol–water partition coefficient (Wildman–Crippen LogP) is 4.14. The van der Waals surface area contributed by atoms with Gasteiger partial charge in [-0.1, -0.05) is 18.2 Å². The molecule has 29 heavy (non-hydrogen) atoms. The summed E-state index contributed by atoms with van der Waals surface area (Å²) in [6.45, 7) is 4.73. The molecule has 1 N–H and O–H groups in total. The summed E-state index contributed by atoms with van der Waals surface area (Å²) in [5, 5.41) is 3.11. The van der Waals surface area contributed by atoms with Gasteiger partial charge in [-0.05, 0) is 74.8 Å². The molecule has 154 valence electrons. The van der Waals surface area contributed by atoms with Crippen molar-refractivity contribution >= 4 is 17.5 Å². The van der Waals surface area contributed by atoms with Crippen LogP contribution in [0, 0.1) is 25.7 Å². The topological polar surface area (TPSA) is 62.3 Å². The number of carbonyl (C=O) groups is 2. The Labute approximate surface area is 173 Å². The maximum atomic E-state index is 12.8. The molecule has 0 atom stereocenters. The maximum absolute atomic E-state index is 12.8. The van der Waals surface area contributed by atoms with Gasteiger partial charge in [0, 0.05) is 43.5 Å². The van der Waals surface area contributed by atoms with Crippen molar-refractivity contribution in [2.24, 2.45) is 11.8 Å². The molecule has 1 fully saturated rings. The number of aromatic nitrogens is 1. The second-order valence-electron chi connectivity index (χ2n) is 8.17. The Kier molecular flexibility index (Phi) is 7.02. The summed E-state index contributed by atoms with van der Waals surface area (Å²) in [4.78, 5) is 31.4. The second kappa shape index (κ2) is 9.68. The number of amides is 2. The highest BCUT2D eigenvalue weighted by molar-refractivity contribution is 5.94. The third kappa shape index (κ3) is 5.43. The van der Waals surface area contributed by atoms with Gasteiger partial charge in [0.15, 0.2) is 0 Å². The van der Waals surface area contributed by atoms with Crippen molar-refractivity contribution in [2.45, 2.75) is 46.0 Å². The van der Waals surface area contributed by atoms with E-state index in [9.17, 15) is 9.59 Å². The van der Waals surface area contributed by atoms with E-state index in [-0.39, 0.29) is 23.7 Å². The van der Waals surface area contributed by atoms with Crippen molar-refractivity contribution in [2.75, 3.05) is 18.9 Å². The number of hydrogen-bond donors (Lipinski definition) is 1. The fraction of sp³-hybridized carbons (Fsp3) is 0.458. The molecule has 1 aromatic heterocycles. The number of hydrogen-bond acceptors (Lipinski definition) is 3. The van der Waals surface area contributed by atoms with Crippen LogP contribution in [0.3, 0.4) is 0 Å². The number of para-hydroxylation sites is 1. The van der Waals surface area contributed by atoms with E-state index < -0.39 is 0 Å². The second-order valence-corrected chi connectivity index (χ2v) is 8.17. The van der Waals surface area contributed by atoms with Gasteiger partial charge in [-0.2, -0.15) is 0 Å². The van der Waals surface area contributed by atoms with Crippen LogP contribution in [0.5, 0.6) is 0 Å². The molecule has 1 aliphatic rings. The Hall–Kier alpha value is -2.69. The molecule has 1 saturated carbocycles. The Morgan fingerprint density at radius 3 is 2.21 bits per heavy atom. The van der Waals surface area contributed by atoms with Crippen molar-refractivity contribution in [3.05, 3.63) is 59.4 Å². The molecule has 0 saturated heterocycles. The smallest absolute Gasteiger partial charge is 0.227 e. The van der Waals surface area contributed by atoms with Crippen molar-refractivity contribution in [1.29, 1.82) is 0 Å². The highest BCUT2D eigenvalue weighted by Gasteiger charge is 2.31. The first-order valence-electron chi connectivity index (χ1n) is 10.5. The zero-order valence-electron chi connectivity index (χ0n) is 17.6. The van der Waals surface area contributed by atoms with Crippen molar-refractivity contribution < 1.29 is 9.59 Å². The van der Waals surface area contributed by atoms with E-state index in [1.54, 1.807) is 12.4 Å². The summed E-state index contributed by atoms with van der Waals surface area (Å²) in [5.41, 5.74) is 4.27. The van der Waals surface area contributed by atoms with Gasteiger partial charge in [-0.25, -0.2) is 0 Å². The van der Waals surface area contributed by atoms with E-state index in [0.717, 1.165) is 48.9 Å². The maximum Gasteiger partial charge on any atom is 0.227 e. The summed E-state index contributed by atoms with van der Waals surface area (Å²) in [5.74, 6) is 0.300. The standard InChI is InChI=1S/C24H31N3O2/c1-17-5-4-6-18(2)22(17)26-23(28)20-7-9-21(10-8-20)24(29)27(3)16-13-19-11-14-25-15-12-19/h4-6,11-12,14-15,20-21H,7-10,13,16H2,1-3H3,(H,26,28). The number of aryl methyl sites for hydroxylation is 2. The molecule has 1 aromatic carbocycles. The number of nitrogens with zero attached hydrogens (tertiary/aromatic N) is 2. The summed E-state index contributed by atoms with van der Waals surface area (Å²) in [6, 6.07) is 10.00. The Morgan fingerprint density at radius 1 is 1.00 bits per heavy atom. The number of carbonyl (C=O) groups excluding carboxylic acids is 2. The third-order valence-corrected chi connectivity index (χ3v) is 6.04. The molecule has 0 spiro atoms. The number of benzene rings is 1. The van der Waals surface area contributed by atoms with Gasteiger partial charge >= 0.3 is 0 Å². The van der Waals surface area contributed by atoms with Crippen LogP contribution in [0.2, 0.25) is 0 Å². The summed E-state index contributed by atoms with van der Waals surface area (Å²) < 4.78 is 0. The van der Waals surface area contributed by atoms with Crippen molar-refractivity contribution in [1.82, 2.24) is 9.88 Å². The molecule has 3 rings (SSSR count). The van der Waals surface area contributed by atoms with Gasteiger partial charge < -0.3 is 10.2 Å². The minimum absolute atomic E-state index is 0.0137. The molecule has 0 unspecified atom stereocenters. The fourth-order valence-electron chi connectivity index (χ4n) is 4.11. The average Bonchev–Trinajstić information content (AvgIpc) is 2.75. The first-order valence-corrected chi connectivity index (χ1v) is 10.5. The highest BCUT2D eigenvalue weighted by Crippen LogP contribution is 2.31. The van der Waals surface area contributed by atoms with Crippen LogP contribution in [0.15, 0.2) is 42.7 Å². The fourth-order valence-corrected chi connectivity index (χ4v) is 4.11. The van der Waals surface area contributed by atoms with Gasteiger partial charge in [0.1, 0.15) is 0 Å². The van der Waals surface area contributed by atoms with E-state index in [1.807, 2.05) is 56.1 Å². The van der Waals surface area contributed by atoms with Crippen LogP contribution in [0.4, 0.5) is 5.69 Å². The quantitative estimate of drug-likeness (QED) is 0.802. The van der Waals surface area contributed by atoms with Crippen molar-refractivity contribution in [3.8, 4) is 0 Å². The van der Waals surface area contributed by atoms with Gasteiger partial charge in [-0.15, -0.1) is 0 Å². The molecule has 2 amide bonds. The third-order valence-electron chi connectivity index (χ3n) is 6.04. The summed E-state index contributed by atoms with van der Waals surface area (Å²) in [7, 11) is 1.88. The van der Waals surface area contributed by atoms with Crippen LogP contribution in [-0.2, 0) is 16.0 Å². The lowest BCUT2D eigenvalue weighted by atomic mass is 9.81. The van der Waals surface area contributed by atoms with Crippen LogP contribution in [0.1, 0.15) is 42.4 Å². The minimum atomic E-state index is -0.0137. The van der Waals surface area contributed by atoms with Crippen molar-refractivity contribution in [3.63, 3.8) is 0 Å². The van der Waals surface area contributed by atoms with Gasteiger partial charge in [0.05, 0.1) is 0 Å². The molecule has 5 nitrogen and oxygen atoms in total. The zero-order chi connectivity index (χ0) is 20.8. The monoisotopic (exact) mass is 393 g/mol. The summed E-state index contributed by atoms with van der Waals surface area (Å²) in [6.07, 6.45) is 7.49. The van der Waals surface area contributed by atoms with Crippen LogP contribution < -0.4 is 5.32 Å². The van der Waals surface area contributed by atoms with E-state index in [1.165, 1.54) is 5.56 Å². The molecular formula is C24H31N3O2. The normalized spacial score (nSPS) is 18.9. The molecular weight excluding hydrogens is 362 g/mol. The first kappa shape index (κ1) is 21.0. The lowest BCUT2D eigenvalue weighted by molar-refractivity contribution is -0.136. The Morgan fingerprint density at radius 2 is 1.59 bits per heavy atom. The van der Waals surface area contributed by atoms with Gasteiger partial charge in [-0.3, -0.25) is 14.6 Å². The number of rotatable bonds is 6. The predicted molar refractivity (Wildman–Crippen MR) is 116 cm³/mol. The number of anilines is 1. The molecule has 1 aliphatic carbocycles. The van der Waals surface area contributed by atoms with E-state index in [2.05, 4.69) is 10.3 Å². The molecule has 0 bridgehead atoms. The molecule has 1 heterocycles. The lowest BCUT2D eigenvalue weighted by Gasteiger charge is -2.30. The molecule has 5 heteroatoms. The van der Waals surface area contributed by atoms with Crippen LogP contribution in [-0.4, -0.2) is 35.3 Å². The molecule has 2 aromatic rings. The Balaban J connectivity index is 1.48. The number of pyridine rings is 1.